The van der Waals surface area contributed by atoms with Crippen molar-refractivity contribution >= 4 is 11.6 Å². The molecular weight excluding hydrogens is 249 g/mol. The van der Waals surface area contributed by atoms with E-state index in [2.05, 4.69) is 0 Å². The third-order valence-corrected chi connectivity index (χ3v) is 2.62. The van der Waals surface area contributed by atoms with Crippen LogP contribution in [0, 0.1) is 24.4 Å². The number of hydrogen-bond donors (Lipinski definition) is 0. The average molecular weight is 257 g/mol. The highest BCUT2D eigenvalue weighted by Crippen LogP contribution is 2.31. The summed E-state index contributed by atoms with van der Waals surface area (Å²) in [5.74, 6) is -2.32. The second kappa shape index (κ2) is 4.41. The molecule has 0 saturated carbocycles. The molecule has 0 saturated heterocycles. The molecule has 2 rings (SSSR count). The third kappa shape index (κ3) is 2.29. The Labute approximate surface area is 102 Å². The maximum atomic E-state index is 13.7. The first-order chi connectivity index (χ1) is 7.99. The van der Waals surface area contributed by atoms with E-state index in [1.165, 1.54) is 12.1 Å². The Balaban J connectivity index is 2.72. The Bertz CT molecular complexity index is 556. The molecule has 0 aliphatic rings. The Morgan fingerprint density at radius 1 is 0.882 bits per heavy atom. The predicted octanol–water partition coefficient (Wildman–Crippen LogP) is 4.73. The van der Waals surface area contributed by atoms with E-state index < -0.39 is 23.0 Å². The van der Waals surface area contributed by atoms with Gasteiger partial charge in [0.05, 0.1) is 5.56 Å². The van der Waals surface area contributed by atoms with Gasteiger partial charge in [-0.2, -0.15) is 0 Å². The fourth-order valence-electron chi connectivity index (χ4n) is 1.65. The lowest BCUT2D eigenvalue weighted by molar-refractivity contribution is 0.580. The van der Waals surface area contributed by atoms with Crippen LogP contribution in [0.4, 0.5) is 13.2 Å². The average Bonchev–Trinajstić information content (AvgIpc) is 2.21. The topological polar surface area (TPSA) is 0 Å². The molecular formula is C13H8ClF3. The van der Waals surface area contributed by atoms with E-state index >= 15 is 0 Å². The summed E-state index contributed by atoms with van der Waals surface area (Å²) in [4.78, 5) is 0. The molecule has 0 fully saturated rings. The zero-order valence-electron chi connectivity index (χ0n) is 8.90. The molecule has 0 nitrogen and oxygen atoms in total. The van der Waals surface area contributed by atoms with E-state index in [4.69, 9.17) is 11.6 Å². The zero-order valence-corrected chi connectivity index (χ0v) is 9.65. The number of aryl methyl sites for hydroxylation is 1. The number of benzene rings is 2. The molecule has 0 unspecified atom stereocenters. The lowest BCUT2D eigenvalue weighted by atomic mass is 10.0. The van der Waals surface area contributed by atoms with Gasteiger partial charge in [0.25, 0.3) is 0 Å². The number of hydrogen-bond acceptors (Lipinski definition) is 0. The molecule has 17 heavy (non-hydrogen) atoms. The fraction of sp³-hybridized carbons (Fsp3) is 0.0769. The van der Waals surface area contributed by atoms with Crippen LogP contribution in [0.1, 0.15) is 5.56 Å². The van der Waals surface area contributed by atoms with Crippen LogP contribution < -0.4 is 0 Å². The molecule has 2 aromatic carbocycles. The summed E-state index contributed by atoms with van der Waals surface area (Å²) in [5.41, 5.74) is -0.130. The number of rotatable bonds is 1. The van der Waals surface area contributed by atoms with Crippen molar-refractivity contribution in [1.29, 1.82) is 0 Å². The highest BCUT2D eigenvalue weighted by molar-refractivity contribution is 6.30. The molecule has 0 heterocycles. The van der Waals surface area contributed by atoms with Crippen LogP contribution in [0.2, 0.25) is 5.02 Å². The SMILES string of the molecule is Cc1cc(F)c(-c2cc(Cl)ccc2F)c(F)c1. The van der Waals surface area contributed by atoms with Crippen LogP contribution in [-0.4, -0.2) is 0 Å². The van der Waals surface area contributed by atoms with E-state index in [9.17, 15) is 13.2 Å². The van der Waals surface area contributed by atoms with Crippen LogP contribution in [-0.2, 0) is 0 Å². The molecule has 0 aromatic heterocycles. The van der Waals surface area contributed by atoms with Gasteiger partial charge in [-0.1, -0.05) is 11.6 Å². The van der Waals surface area contributed by atoms with E-state index in [0.29, 0.717) is 5.56 Å². The van der Waals surface area contributed by atoms with Crippen molar-refractivity contribution in [2.24, 2.45) is 0 Å². The van der Waals surface area contributed by atoms with Gasteiger partial charge in [0.2, 0.25) is 0 Å². The van der Waals surface area contributed by atoms with Gasteiger partial charge in [0.1, 0.15) is 17.5 Å². The summed E-state index contributed by atoms with van der Waals surface area (Å²) in [7, 11) is 0. The predicted molar refractivity (Wildman–Crippen MR) is 61.5 cm³/mol. The maximum Gasteiger partial charge on any atom is 0.134 e. The summed E-state index contributed by atoms with van der Waals surface area (Å²) in [6.07, 6.45) is 0. The largest absolute Gasteiger partial charge is 0.206 e. The number of halogens is 4. The summed E-state index contributed by atoms with van der Waals surface area (Å²) >= 11 is 5.69. The minimum absolute atomic E-state index is 0.174. The Hall–Kier alpha value is -1.48. The third-order valence-electron chi connectivity index (χ3n) is 2.38. The lowest BCUT2D eigenvalue weighted by Gasteiger charge is -2.08. The zero-order chi connectivity index (χ0) is 12.6. The van der Waals surface area contributed by atoms with Gasteiger partial charge in [0, 0.05) is 10.6 Å². The molecule has 0 amide bonds. The fourth-order valence-corrected chi connectivity index (χ4v) is 1.82. The van der Waals surface area contributed by atoms with E-state index in [0.717, 1.165) is 18.2 Å². The Morgan fingerprint density at radius 2 is 1.47 bits per heavy atom. The molecule has 0 N–H and O–H groups in total. The minimum Gasteiger partial charge on any atom is -0.206 e. The molecule has 4 heteroatoms. The van der Waals surface area contributed by atoms with Crippen LogP contribution in [0.15, 0.2) is 30.3 Å². The van der Waals surface area contributed by atoms with Crippen molar-refractivity contribution in [3.63, 3.8) is 0 Å². The molecule has 0 atom stereocenters. The standard InChI is InChI=1S/C13H8ClF3/c1-7-4-11(16)13(12(17)5-7)9-6-8(14)2-3-10(9)15/h2-6H,1H3. The highest BCUT2D eigenvalue weighted by Gasteiger charge is 2.16. The smallest absolute Gasteiger partial charge is 0.134 e. The summed E-state index contributed by atoms with van der Waals surface area (Å²) in [6.45, 7) is 1.56. The van der Waals surface area contributed by atoms with Gasteiger partial charge in [0.15, 0.2) is 0 Å². The van der Waals surface area contributed by atoms with Crippen molar-refractivity contribution in [3.05, 3.63) is 58.4 Å². The van der Waals surface area contributed by atoms with Crippen LogP contribution in [0.5, 0.6) is 0 Å². The first-order valence-corrected chi connectivity index (χ1v) is 5.28. The second-order valence-electron chi connectivity index (χ2n) is 3.73. The van der Waals surface area contributed by atoms with E-state index in [1.807, 2.05) is 0 Å². The van der Waals surface area contributed by atoms with Crippen molar-refractivity contribution in [2.45, 2.75) is 6.92 Å². The molecule has 2 aromatic rings. The molecule has 0 radical (unpaired) electrons. The second-order valence-corrected chi connectivity index (χ2v) is 4.16. The lowest BCUT2D eigenvalue weighted by Crippen LogP contribution is -1.94. The van der Waals surface area contributed by atoms with Gasteiger partial charge in [-0.05, 0) is 42.8 Å². The van der Waals surface area contributed by atoms with Gasteiger partial charge in [-0.15, -0.1) is 0 Å². The Morgan fingerprint density at radius 3 is 2.06 bits per heavy atom. The maximum absolute atomic E-state index is 13.7. The van der Waals surface area contributed by atoms with Crippen molar-refractivity contribution in [2.75, 3.05) is 0 Å². The Kier molecular flexibility index (Phi) is 3.11. The summed E-state index contributed by atoms with van der Waals surface area (Å²) < 4.78 is 40.8. The molecule has 88 valence electrons. The van der Waals surface area contributed by atoms with Gasteiger partial charge in [-0.3, -0.25) is 0 Å². The monoisotopic (exact) mass is 256 g/mol. The summed E-state index contributed by atoms with van der Waals surface area (Å²) in [5, 5.41) is 0.223. The molecule has 0 spiro atoms. The normalized spacial score (nSPS) is 10.6. The van der Waals surface area contributed by atoms with Gasteiger partial charge < -0.3 is 0 Å². The molecule has 0 bridgehead atoms. The first kappa shape index (κ1) is 12.0. The quantitative estimate of drug-likeness (QED) is 0.692. The van der Waals surface area contributed by atoms with Crippen LogP contribution in [0.25, 0.3) is 11.1 Å². The molecule has 0 aliphatic heterocycles. The first-order valence-electron chi connectivity index (χ1n) is 4.90. The van der Waals surface area contributed by atoms with Crippen molar-refractivity contribution in [3.8, 4) is 11.1 Å². The molecule has 0 aliphatic carbocycles. The minimum atomic E-state index is -0.802. The van der Waals surface area contributed by atoms with Gasteiger partial charge in [-0.25, -0.2) is 13.2 Å². The van der Waals surface area contributed by atoms with Crippen LogP contribution >= 0.6 is 11.6 Å². The van der Waals surface area contributed by atoms with E-state index in [-0.39, 0.29) is 10.6 Å². The summed E-state index contributed by atoms with van der Waals surface area (Å²) in [6, 6.07) is 5.91. The van der Waals surface area contributed by atoms with Crippen molar-refractivity contribution < 1.29 is 13.2 Å². The van der Waals surface area contributed by atoms with Gasteiger partial charge >= 0.3 is 0 Å². The highest BCUT2D eigenvalue weighted by atomic mass is 35.5. The van der Waals surface area contributed by atoms with E-state index in [1.54, 1.807) is 6.92 Å². The van der Waals surface area contributed by atoms with Crippen molar-refractivity contribution in [1.82, 2.24) is 0 Å². The van der Waals surface area contributed by atoms with Crippen LogP contribution in [0.3, 0.4) is 0 Å².